The molecule has 0 bridgehead atoms. The number of hydrogen-bond acceptors (Lipinski definition) is 9. The first kappa shape index (κ1) is 42.9. The molecule has 12 heteroatoms. The van der Waals surface area contributed by atoms with Crippen LogP contribution in [0, 0.1) is 0 Å². The van der Waals surface area contributed by atoms with Crippen molar-refractivity contribution < 1.29 is 51.9 Å². The first-order valence-electron chi connectivity index (χ1n) is 16.7. The van der Waals surface area contributed by atoms with Crippen LogP contribution >= 0.6 is 7.60 Å². The normalized spacial score (nSPS) is 13.8. The van der Waals surface area contributed by atoms with Crippen molar-refractivity contribution in [2.75, 3.05) is 54.2 Å². The topological polar surface area (TPSA) is 142 Å². The lowest BCUT2D eigenvalue weighted by Crippen LogP contribution is -2.37. The number of rotatable bonds is 30. The smallest absolute Gasteiger partial charge is 0.328 e. The van der Waals surface area contributed by atoms with Gasteiger partial charge in [-0.3, -0.25) is 18.9 Å². The maximum absolute atomic E-state index is 12.7. The van der Waals surface area contributed by atoms with Gasteiger partial charge in [0, 0.05) is 32.0 Å². The molecule has 2 atom stereocenters. The van der Waals surface area contributed by atoms with Crippen molar-refractivity contribution in [2.24, 2.45) is 0 Å². The zero-order valence-corrected chi connectivity index (χ0v) is 29.5. The van der Waals surface area contributed by atoms with Gasteiger partial charge in [-0.1, -0.05) is 84.0 Å². The number of nitrogens with zero attached hydrogens (tertiary/aromatic N) is 1. The Bertz CT molecular complexity index is 916. The van der Waals surface area contributed by atoms with E-state index in [0.717, 1.165) is 31.4 Å². The standard InChI is InChI=1S/C33H60NO10P/c1-6-7-8-9-10-11-12-13-14-15-16-17-18-21-32(38)41-27-30(28-43-45(5,40)42-26-25-34(2,3)4)44-33(39)22-19-20-29(35)23-24-31(36)37/h23-24,30H,6-22,25-28H2,1-5H3/p+1. The lowest BCUT2D eigenvalue weighted by atomic mass is 10.0. The van der Waals surface area contributed by atoms with Crippen molar-refractivity contribution in [1.29, 1.82) is 0 Å². The van der Waals surface area contributed by atoms with Crippen LogP contribution in [-0.4, -0.2) is 93.6 Å². The zero-order valence-electron chi connectivity index (χ0n) is 28.6. The van der Waals surface area contributed by atoms with E-state index in [2.05, 4.69) is 6.92 Å². The molecule has 0 aliphatic carbocycles. The third-order valence-corrected chi connectivity index (χ3v) is 8.28. The zero-order chi connectivity index (χ0) is 34.0. The van der Waals surface area contributed by atoms with Crippen LogP contribution in [0.15, 0.2) is 12.2 Å². The molecule has 0 heterocycles. The van der Waals surface area contributed by atoms with Crippen LogP contribution < -0.4 is 0 Å². The van der Waals surface area contributed by atoms with Crippen LogP contribution in [0.3, 0.4) is 0 Å². The number of ketones is 1. The molecule has 0 spiro atoms. The average molecular weight is 663 g/mol. The molecule has 2 unspecified atom stereocenters. The molecule has 0 aromatic rings. The maximum atomic E-state index is 12.7. The number of aliphatic carboxylic acids is 1. The number of unbranched alkanes of at least 4 members (excludes halogenated alkanes) is 12. The number of carboxylic acid groups (broad SMARTS) is 1. The molecule has 1 N–H and O–H groups in total. The second-order valence-corrected chi connectivity index (χ2v) is 14.8. The summed E-state index contributed by atoms with van der Waals surface area (Å²) >= 11 is 0. The van der Waals surface area contributed by atoms with Gasteiger partial charge in [-0.25, -0.2) is 4.79 Å². The van der Waals surface area contributed by atoms with E-state index < -0.39 is 37.4 Å². The first-order valence-corrected chi connectivity index (χ1v) is 18.7. The van der Waals surface area contributed by atoms with Crippen molar-refractivity contribution in [3.05, 3.63) is 12.2 Å². The van der Waals surface area contributed by atoms with Crippen LogP contribution in [-0.2, 0) is 42.3 Å². The number of carbonyl (C=O) groups excluding carboxylic acids is 3. The minimum atomic E-state index is -3.46. The van der Waals surface area contributed by atoms with E-state index in [1.54, 1.807) is 0 Å². The molecule has 0 aliphatic heterocycles. The molecular formula is C33H61NO10P+. The van der Waals surface area contributed by atoms with E-state index in [1.807, 2.05) is 21.1 Å². The SMILES string of the molecule is CCCCCCCCCCCCCCCC(=O)OCC(COP(C)(=O)OCC[N+](C)(C)C)OC(=O)CCCC(=O)C=CC(=O)O. The van der Waals surface area contributed by atoms with Crippen LogP contribution in [0.4, 0.5) is 0 Å². The van der Waals surface area contributed by atoms with E-state index in [1.165, 1.54) is 64.5 Å². The highest BCUT2D eigenvalue weighted by Gasteiger charge is 2.24. The Labute approximate surface area is 271 Å². The number of esters is 2. The summed E-state index contributed by atoms with van der Waals surface area (Å²) < 4.78 is 35.0. The first-order chi connectivity index (χ1) is 21.2. The van der Waals surface area contributed by atoms with Crippen molar-refractivity contribution in [1.82, 2.24) is 0 Å². The third-order valence-electron chi connectivity index (χ3n) is 7.01. The molecule has 0 radical (unpaired) electrons. The molecule has 0 aliphatic rings. The van der Waals surface area contributed by atoms with E-state index in [0.29, 0.717) is 17.4 Å². The lowest BCUT2D eigenvalue weighted by Gasteiger charge is -2.25. The summed E-state index contributed by atoms with van der Waals surface area (Å²) in [5, 5.41) is 8.60. The Morgan fingerprint density at radius 2 is 1.24 bits per heavy atom. The largest absolute Gasteiger partial charge is 0.478 e. The molecule has 0 aromatic carbocycles. The summed E-state index contributed by atoms with van der Waals surface area (Å²) in [6.45, 7) is 3.83. The number of quaternary nitrogens is 1. The fourth-order valence-corrected chi connectivity index (χ4v) is 5.22. The predicted molar refractivity (Wildman–Crippen MR) is 175 cm³/mol. The Kier molecular flexibility index (Phi) is 24.8. The van der Waals surface area contributed by atoms with Gasteiger partial charge in [0.2, 0.25) is 0 Å². The summed E-state index contributed by atoms with van der Waals surface area (Å²) in [5.41, 5.74) is 0. The third kappa shape index (κ3) is 30.4. The highest BCUT2D eigenvalue weighted by atomic mass is 31.2. The summed E-state index contributed by atoms with van der Waals surface area (Å²) in [5.74, 6) is -2.72. The average Bonchev–Trinajstić information content (AvgIpc) is 2.95. The second-order valence-electron chi connectivity index (χ2n) is 12.7. The summed E-state index contributed by atoms with van der Waals surface area (Å²) in [4.78, 5) is 47.0. The molecule has 45 heavy (non-hydrogen) atoms. The second kappa shape index (κ2) is 26.0. The monoisotopic (exact) mass is 662 g/mol. The van der Waals surface area contributed by atoms with Gasteiger partial charge in [0.1, 0.15) is 19.8 Å². The van der Waals surface area contributed by atoms with Crippen LogP contribution in [0.5, 0.6) is 0 Å². The van der Waals surface area contributed by atoms with Crippen molar-refractivity contribution in [2.45, 2.75) is 122 Å². The molecular weight excluding hydrogens is 601 g/mol. The van der Waals surface area contributed by atoms with Crippen LogP contribution in [0.25, 0.3) is 0 Å². The number of carbonyl (C=O) groups is 4. The van der Waals surface area contributed by atoms with Crippen molar-refractivity contribution >= 4 is 31.3 Å². The van der Waals surface area contributed by atoms with Gasteiger partial charge >= 0.3 is 25.5 Å². The van der Waals surface area contributed by atoms with E-state index >= 15 is 0 Å². The van der Waals surface area contributed by atoms with Gasteiger partial charge in [-0.2, -0.15) is 0 Å². The fourth-order valence-electron chi connectivity index (χ4n) is 4.30. The highest BCUT2D eigenvalue weighted by Crippen LogP contribution is 2.43. The molecule has 0 rings (SSSR count). The Hall–Kier alpha value is -2.07. The quantitative estimate of drug-likeness (QED) is 0.0285. The molecule has 0 aromatic heterocycles. The minimum Gasteiger partial charge on any atom is -0.478 e. The minimum absolute atomic E-state index is 0.0293. The molecule has 11 nitrogen and oxygen atoms in total. The summed E-state index contributed by atoms with van der Waals surface area (Å²) in [7, 11) is 2.47. The van der Waals surface area contributed by atoms with E-state index in [4.69, 9.17) is 23.6 Å². The van der Waals surface area contributed by atoms with Crippen LogP contribution in [0.2, 0.25) is 0 Å². The summed E-state index contributed by atoms with van der Waals surface area (Å²) in [6, 6.07) is 0. The van der Waals surface area contributed by atoms with Crippen molar-refractivity contribution in [3.8, 4) is 0 Å². The number of likely N-dealkylation sites (N-methyl/N-ethyl adjacent to an activating group) is 1. The number of hydrogen-bond donors (Lipinski definition) is 1. The number of carboxylic acids is 1. The van der Waals surface area contributed by atoms with Gasteiger partial charge in [0.15, 0.2) is 11.9 Å². The highest BCUT2D eigenvalue weighted by molar-refractivity contribution is 7.52. The number of ether oxygens (including phenoxy) is 2. The van der Waals surface area contributed by atoms with Gasteiger partial charge in [0.05, 0.1) is 27.7 Å². The van der Waals surface area contributed by atoms with Crippen LogP contribution in [0.1, 0.15) is 116 Å². The molecule has 0 saturated heterocycles. The van der Waals surface area contributed by atoms with Gasteiger partial charge in [-0.05, 0) is 18.9 Å². The van der Waals surface area contributed by atoms with Gasteiger partial charge < -0.3 is 28.1 Å². The Morgan fingerprint density at radius 1 is 0.711 bits per heavy atom. The number of allylic oxidation sites excluding steroid dienone is 1. The predicted octanol–water partition coefficient (Wildman–Crippen LogP) is 6.87. The molecule has 0 amide bonds. The Balaban J connectivity index is 4.53. The van der Waals surface area contributed by atoms with Gasteiger partial charge in [0.25, 0.3) is 0 Å². The van der Waals surface area contributed by atoms with E-state index in [9.17, 15) is 23.7 Å². The maximum Gasteiger partial charge on any atom is 0.328 e. The Morgan fingerprint density at radius 3 is 1.78 bits per heavy atom. The molecule has 0 saturated carbocycles. The summed E-state index contributed by atoms with van der Waals surface area (Å²) in [6.07, 6.45) is 16.6. The fraction of sp³-hybridized carbons (Fsp3) is 0.818. The van der Waals surface area contributed by atoms with Crippen molar-refractivity contribution in [3.63, 3.8) is 0 Å². The lowest BCUT2D eigenvalue weighted by molar-refractivity contribution is -0.870. The molecule has 262 valence electrons. The molecule has 0 fully saturated rings. The van der Waals surface area contributed by atoms with Gasteiger partial charge in [-0.15, -0.1) is 0 Å². The van der Waals surface area contributed by atoms with E-state index in [-0.39, 0.29) is 45.5 Å².